The van der Waals surface area contributed by atoms with Gasteiger partial charge in [-0.05, 0) is 48.7 Å². The van der Waals surface area contributed by atoms with Crippen molar-refractivity contribution in [2.75, 3.05) is 5.32 Å². The van der Waals surface area contributed by atoms with Gasteiger partial charge in [0.1, 0.15) is 11.6 Å². The SMILES string of the molecule is C/C(=C/C(=O)Nc1cc(CO)ccc1C)c1ccc(F)cc1F. The van der Waals surface area contributed by atoms with Crippen LogP contribution in [-0.4, -0.2) is 11.0 Å². The van der Waals surface area contributed by atoms with Gasteiger partial charge in [0.2, 0.25) is 5.91 Å². The van der Waals surface area contributed by atoms with Gasteiger partial charge in [0.25, 0.3) is 0 Å². The van der Waals surface area contributed by atoms with Crippen molar-refractivity contribution < 1.29 is 18.7 Å². The molecule has 0 spiro atoms. The van der Waals surface area contributed by atoms with Gasteiger partial charge < -0.3 is 10.4 Å². The number of hydrogen-bond donors (Lipinski definition) is 2. The molecule has 3 nitrogen and oxygen atoms in total. The minimum atomic E-state index is -0.718. The normalized spacial score (nSPS) is 11.4. The molecular weight excluding hydrogens is 300 g/mol. The highest BCUT2D eigenvalue weighted by molar-refractivity contribution is 6.04. The third kappa shape index (κ3) is 4.23. The molecule has 0 unspecified atom stereocenters. The Hall–Kier alpha value is -2.53. The quantitative estimate of drug-likeness (QED) is 0.843. The van der Waals surface area contributed by atoms with Crippen LogP contribution in [0, 0.1) is 18.6 Å². The van der Waals surface area contributed by atoms with Crippen LogP contribution in [0.15, 0.2) is 42.5 Å². The summed E-state index contributed by atoms with van der Waals surface area (Å²) in [5.41, 5.74) is 2.65. The molecule has 5 heteroatoms. The lowest BCUT2D eigenvalue weighted by molar-refractivity contribution is -0.111. The summed E-state index contributed by atoms with van der Waals surface area (Å²) in [6, 6.07) is 8.44. The molecule has 2 aromatic carbocycles. The molecule has 0 saturated heterocycles. The van der Waals surface area contributed by atoms with Gasteiger partial charge in [0, 0.05) is 23.4 Å². The van der Waals surface area contributed by atoms with E-state index in [2.05, 4.69) is 5.32 Å². The second-order valence-electron chi connectivity index (χ2n) is 5.25. The van der Waals surface area contributed by atoms with E-state index in [1.54, 1.807) is 25.1 Å². The van der Waals surface area contributed by atoms with Crippen LogP contribution >= 0.6 is 0 Å². The van der Waals surface area contributed by atoms with Crippen LogP contribution in [0.4, 0.5) is 14.5 Å². The Balaban J connectivity index is 2.21. The number of halogens is 2. The number of nitrogens with one attached hydrogen (secondary N) is 1. The van der Waals surface area contributed by atoms with Gasteiger partial charge >= 0.3 is 0 Å². The molecule has 0 aromatic heterocycles. The number of amides is 1. The lowest BCUT2D eigenvalue weighted by Crippen LogP contribution is -2.10. The van der Waals surface area contributed by atoms with Crippen LogP contribution in [0.1, 0.15) is 23.6 Å². The number of carbonyl (C=O) groups is 1. The Bertz CT molecular complexity index is 770. The fourth-order valence-corrected chi connectivity index (χ4v) is 2.15. The lowest BCUT2D eigenvalue weighted by Gasteiger charge is -2.09. The van der Waals surface area contributed by atoms with Gasteiger partial charge in [-0.1, -0.05) is 12.1 Å². The van der Waals surface area contributed by atoms with Crippen molar-refractivity contribution in [2.45, 2.75) is 20.5 Å². The molecule has 2 rings (SSSR count). The summed E-state index contributed by atoms with van der Waals surface area (Å²) in [7, 11) is 0. The molecule has 0 bridgehead atoms. The molecule has 0 aliphatic rings. The van der Waals surface area contributed by atoms with E-state index in [0.717, 1.165) is 17.7 Å². The molecule has 2 aromatic rings. The summed E-state index contributed by atoms with van der Waals surface area (Å²) in [6.45, 7) is 3.28. The van der Waals surface area contributed by atoms with Crippen molar-refractivity contribution >= 4 is 17.2 Å². The number of benzene rings is 2. The molecule has 23 heavy (non-hydrogen) atoms. The summed E-state index contributed by atoms with van der Waals surface area (Å²) >= 11 is 0. The third-order valence-electron chi connectivity index (χ3n) is 3.45. The fourth-order valence-electron chi connectivity index (χ4n) is 2.15. The van der Waals surface area contributed by atoms with E-state index < -0.39 is 17.5 Å². The predicted octanol–water partition coefficient (Wildman–Crippen LogP) is 3.81. The maximum absolute atomic E-state index is 13.7. The average Bonchev–Trinajstić information content (AvgIpc) is 2.49. The second-order valence-corrected chi connectivity index (χ2v) is 5.25. The van der Waals surface area contributed by atoms with Gasteiger partial charge in [-0.2, -0.15) is 0 Å². The number of aliphatic hydroxyl groups is 1. The van der Waals surface area contributed by atoms with Crippen molar-refractivity contribution in [3.8, 4) is 0 Å². The summed E-state index contributed by atoms with van der Waals surface area (Å²) in [6.07, 6.45) is 1.25. The van der Waals surface area contributed by atoms with Crippen molar-refractivity contribution in [3.05, 3.63) is 70.8 Å². The van der Waals surface area contributed by atoms with E-state index in [1.807, 2.05) is 6.92 Å². The topological polar surface area (TPSA) is 49.3 Å². The first kappa shape index (κ1) is 16.8. The van der Waals surface area contributed by atoms with E-state index in [0.29, 0.717) is 16.8 Å². The summed E-state index contributed by atoms with van der Waals surface area (Å²) in [5.74, 6) is -1.81. The Kier molecular flexibility index (Phi) is 5.24. The van der Waals surface area contributed by atoms with E-state index in [1.165, 1.54) is 12.1 Å². The smallest absolute Gasteiger partial charge is 0.248 e. The Morgan fingerprint density at radius 2 is 1.96 bits per heavy atom. The van der Waals surface area contributed by atoms with E-state index in [9.17, 15) is 13.6 Å². The first-order valence-electron chi connectivity index (χ1n) is 7.06. The van der Waals surface area contributed by atoms with Crippen LogP contribution in [0.2, 0.25) is 0 Å². The van der Waals surface area contributed by atoms with Gasteiger partial charge in [0.15, 0.2) is 0 Å². The molecular formula is C18H17F2NO2. The predicted molar refractivity (Wildman–Crippen MR) is 85.7 cm³/mol. The highest BCUT2D eigenvalue weighted by Gasteiger charge is 2.08. The van der Waals surface area contributed by atoms with Crippen LogP contribution in [0.3, 0.4) is 0 Å². The number of hydrogen-bond acceptors (Lipinski definition) is 2. The Morgan fingerprint density at radius 1 is 1.22 bits per heavy atom. The van der Waals surface area contributed by atoms with Crippen molar-refractivity contribution in [1.82, 2.24) is 0 Å². The second kappa shape index (κ2) is 7.15. The van der Waals surface area contributed by atoms with Crippen molar-refractivity contribution in [1.29, 1.82) is 0 Å². The maximum atomic E-state index is 13.7. The minimum absolute atomic E-state index is 0.126. The Labute approximate surface area is 133 Å². The van der Waals surface area contributed by atoms with E-state index in [4.69, 9.17) is 5.11 Å². The molecule has 2 N–H and O–H groups in total. The molecule has 0 heterocycles. The molecule has 120 valence electrons. The number of aryl methyl sites for hydroxylation is 1. The van der Waals surface area contributed by atoms with Gasteiger partial charge in [-0.25, -0.2) is 8.78 Å². The summed E-state index contributed by atoms with van der Waals surface area (Å²) in [4.78, 5) is 12.1. The third-order valence-corrected chi connectivity index (χ3v) is 3.45. The fraction of sp³-hybridized carbons (Fsp3) is 0.167. The average molecular weight is 317 g/mol. The zero-order chi connectivity index (χ0) is 17.0. The molecule has 0 radical (unpaired) electrons. The first-order chi connectivity index (χ1) is 10.9. The standard InChI is InChI=1S/C18H17F2NO2/c1-11-3-4-13(10-22)8-17(11)21-18(23)7-12(2)15-6-5-14(19)9-16(15)20/h3-9,22H,10H2,1-2H3,(H,21,23)/b12-7-. The minimum Gasteiger partial charge on any atom is -0.392 e. The van der Waals surface area contributed by atoms with Gasteiger partial charge in [-0.3, -0.25) is 4.79 Å². The van der Waals surface area contributed by atoms with E-state index >= 15 is 0 Å². The molecule has 1 amide bonds. The number of aliphatic hydroxyl groups excluding tert-OH is 1. The molecule has 0 aliphatic heterocycles. The van der Waals surface area contributed by atoms with Crippen molar-refractivity contribution in [3.63, 3.8) is 0 Å². The number of anilines is 1. The van der Waals surface area contributed by atoms with Crippen LogP contribution in [0.5, 0.6) is 0 Å². The highest BCUT2D eigenvalue weighted by Crippen LogP contribution is 2.20. The van der Waals surface area contributed by atoms with E-state index in [-0.39, 0.29) is 12.2 Å². The monoisotopic (exact) mass is 317 g/mol. The number of carbonyl (C=O) groups excluding carboxylic acids is 1. The Morgan fingerprint density at radius 3 is 2.61 bits per heavy atom. The van der Waals surface area contributed by atoms with Crippen molar-refractivity contribution in [2.24, 2.45) is 0 Å². The zero-order valence-corrected chi connectivity index (χ0v) is 12.9. The molecule has 0 atom stereocenters. The summed E-state index contributed by atoms with van der Waals surface area (Å²) in [5, 5.41) is 11.8. The summed E-state index contributed by atoms with van der Waals surface area (Å²) < 4.78 is 26.6. The highest BCUT2D eigenvalue weighted by atomic mass is 19.1. The van der Waals surface area contributed by atoms with Gasteiger partial charge in [0.05, 0.1) is 6.61 Å². The van der Waals surface area contributed by atoms with Crippen LogP contribution < -0.4 is 5.32 Å². The van der Waals surface area contributed by atoms with Crippen LogP contribution in [0.25, 0.3) is 5.57 Å². The molecule has 0 saturated carbocycles. The first-order valence-corrected chi connectivity index (χ1v) is 7.06. The van der Waals surface area contributed by atoms with Gasteiger partial charge in [-0.15, -0.1) is 0 Å². The molecule has 0 fully saturated rings. The maximum Gasteiger partial charge on any atom is 0.248 e. The zero-order valence-electron chi connectivity index (χ0n) is 12.9. The lowest BCUT2D eigenvalue weighted by atomic mass is 10.1. The number of allylic oxidation sites excluding steroid dienone is 1. The molecule has 0 aliphatic carbocycles. The number of rotatable bonds is 4. The largest absolute Gasteiger partial charge is 0.392 e. The van der Waals surface area contributed by atoms with Crippen LogP contribution in [-0.2, 0) is 11.4 Å².